The van der Waals surface area contributed by atoms with E-state index in [9.17, 15) is 13.2 Å². The molecule has 0 aliphatic heterocycles. The first kappa shape index (κ1) is 19.2. The molecule has 0 radical (unpaired) electrons. The molecule has 0 spiro atoms. The molecule has 0 atom stereocenters. The lowest BCUT2D eigenvalue weighted by Crippen LogP contribution is -2.29. The van der Waals surface area contributed by atoms with E-state index in [1.807, 2.05) is 0 Å². The normalized spacial score (nSPS) is 22.3. The van der Waals surface area contributed by atoms with E-state index < -0.39 is 14.6 Å². The molecule has 2 rings (SSSR count). The van der Waals surface area contributed by atoms with Gasteiger partial charge in [0.2, 0.25) is 0 Å². The summed E-state index contributed by atoms with van der Waals surface area (Å²) in [6.45, 7) is 7.42. The SMILES string of the molecule is CC1CCC(CC(=O)c2ccc(CS(=O)(=O)C(C)(C)C)cc2)CC1. The number of carbonyl (C=O) groups excluding carboxylic acids is 1. The highest BCUT2D eigenvalue weighted by Crippen LogP contribution is 2.31. The van der Waals surface area contributed by atoms with E-state index in [0.717, 1.165) is 24.3 Å². The lowest BCUT2D eigenvalue weighted by atomic mass is 9.80. The molecular formula is C20H30O3S. The fraction of sp³-hybridized carbons (Fsp3) is 0.650. The van der Waals surface area contributed by atoms with Gasteiger partial charge < -0.3 is 0 Å². The summed E-state index contributed by atoms with van der Waals surface area (Å²) in [6.07, 6.45) is 5.36. The second kappa shape index (κ2) is 7.38. The number of Topliss-reactive ketones (excluding diaryl/α,β-unsaturated/α-hetero) is 1. The average molecular weight is 351 g/mol. The van der Waals surface area contributed by atoms with Crippen molar-refractivity contribution in [2.24, 2.45) is 11.8 Å². The first-order valence-electron chi connectivity index (χ1n) is 8.93. The predicted molar refractivity (Wildman–Crippen MR) is 98.9 cm³/mol. The number of sulfone groups is 1. The van der Waals surface area contributed by atoms with E-state index in [1.165, 1.54) is 12.8 Å². The second-order valence-corrected chi connectivity index (χ2v) is 11.1. The Bertz CT molecular complexity index is 658. The molecule has 134 valence electrons. The smallest absolute Gasteiger partial charge is 0.163 e. The zero-order valence-electron chi connectivity index (χ0n) is 15.3. The lowest BCUT2D eigenvalue weighted by molar-refractivity contribution is 0.0944. The molecule has 0 aromatic heterocycles. The molecule has 0 saturated heterocycles. The zero-order chi connectivity index (χ0) is 18.0. The molecule has 24 heavy (non-hydrogen) atoms. The number of benzene rings is 1. The van der Waals surface area contributed by atoms with Crippen LogP contribution < -0.4 is 0 Å². The number of hydrogen-bond acceptors (Lipinski definition) is 3. The third kappa shape index (κ3) is 4.92. The molecule has 1 aromatic carbocycles. The maximum absolute atomic E-state index is 12.4. The van der Waals surface area contributed by atoms with E-state index >= 15 is 0 Å². The van der Waals surface area contributed by atoms with Gasteiger partial charge >= 0.3 is 0 Å². The summed E-state index contributed by atoms with van der Waals surface area (Å²) in [5.74, 6) is 1.50. The number of rotatable bonds is 5. The summed E-state index contributed by atoms with van der Waals surface area (Å²) in [5, 5.41) is 0. The Morgan fingerprint density at radius 3 is 2.08 bits per heavy atom. The molecule has 0 bridgehead atoms. The Morgan fingerprint density at radius 2 is 1.58 bits per heavy atom. The third-order valence-corrected chi connectivity index (χ3v) is 7.75. The van der Waals surface area contributed by atoms with E-state index in [4.69, 9.17) is 0 Å². The average Bonchev–Trinajstić information content (AvgIpc) is 2.49. The molecular weight excluding hydrogens is 320 g/mol. The van der Waals surface area contributed by atoms with E-state index in [0.29, 0.717) is 17.9 Å². The Balaban J connectivity index is 1.98. The van der Waals surface area contributed by atoms with Crippen molar-refractivity contribution in [1.82, 2.24) is 0 Å². The molecule has 1 saturated carbocycles. The van der Waals surface area contributed by atoms with E-state index in [-0.39, 0.29) is 11.5 Å². The van der Waals surface area contributed by atoms with Gasteiger partial charge in [-0.05, 0) is 51.0 Å². The van der Waals surface area contributed by atoms with Gasteiger partial charge in [-0.25, -0.2) is 8.42 Å². The van der Waals surface area contributed by atoms with Crippen LogP contribution in [0.4, 0.5) is 0 Å². The summed E-state index contributed by atoms with van der Waals surface area (Å²) in [6, 6.07) is 7.11. The molecule has 3 nitrogen and oxygen atoms in total. The van der Waals surface area contributed by atoms with Gasteiger partial charge in [0.15, 0.2) is 15.6 Å². The maximum atomic E-state index is 12.4. The van der Waals surface area contributed by atoms with Gasteiger partial charge in [-0.2, -0.15) is 0 Å². The Kier molecular flexibility index (Phi) is 5.90. The monoisotopic (exact) mass is 350 g/mol. The van der Waals surface area contributed by atoms with E-state index in [2.05, 4.69) is 6.92 Å². The van der Waals surface area contributed by atoms with Crippen LogP contribution in [0.2, 0.25) is 0 Å². The van der Waals surface area contributed by atoms with Crippen LogP contribution in [-0.2, 0) is 15.6 Å². The Morgan fingerprint density at radius 1 is 1.04 bits per heavy atom. The van der Waals surface area contributed by atoms with Crippen LogP contribution >= 0.6 is 0 Å². The van der Waals surface area contributed by atoms with E-state index in [1.54, 1.807) is 45.0 Å². The van der Waals surface area contributed by atoms with Crippen molar-refractivity contribution in [3.05, 3.63) is 35.4 Å². The van der Waals surface area contributed by atoms with Crippen LogP contribution in [0, 0.1) is 11.8 Å². The Labute approximate surface area is 146 Å². The molecule has 0 heterocycles. The molecule has 4 heteroatoms. The largest absolute Gasteiger partial charge is 0.294 e. The van der Waals surface area contributed by atoms with Crippen molar-refractivity contribution in [2.45, 2.75) is 70.3 Å². The van der Waals surface area contributed by atoms with Crippen molar-refractivity contribution >= 4 is 15.6 Å². The predicted octanol–water partition coefficient (Wildman–Crippen LogP) is 4.80. The van der Waals surface area contributed by atoms with Gasteiger partial charge in [0.05, 0.1) is 10.5 Å². The van der Waals surface area contributed by atoms with Gasteiger partial charge in [0, 0.05) is 12.0 Å². The van der Waals surface area contributed by atoms with Crippen LogP contribution in [0.5, 0.6) is 0 Å². The van der Waals surface area contributed by atoms with Gasteiger partial charge in [-0.3, -0.25) is 4.79 Å². The fourth-order valence-corrected chi connectivity index (χ4v) is 4.20. The lowest BCUT2D eigenvalue weighted by Gasteiger charge is -2.25. The third-order valence-electron chi connectivity index (χ3n) is 5.18. The quantitative estimate of drug-likeness (QED) is 0.717. The first-order valence-corrected chi connectivity index (χ1v) is 10.6. The number of ketones is 1. The first-order chi connectivity index (χ1) is 11.1. The van der Waals surface area contributed by atoms with Crippen LogP contribution in [-0.4, -0.2) is 18.9 Å². The van der Waals surface area contributed by atoms with Crippen molar-refractivity contribution in [1.29, 1.82) is 0 Å². The topological polar surface area (TPSA) is 51.2 Å². The van der Waals surface area contributed by atoms with Crippen molar-refractivity contribution < 1.29 is 13.2 Å². The minimum Gasteiger partial charge on any atom is -0.294 e. The van der Waals surface area contributed by atoms with Gasteiger partial charge in [0.1, 0.15) is 0 Å². The van der Waals surface area contributed by atoms with Crippen LogP contribution in [0.3, 0.4) is 0 Å². The van der Waals surface area contributed by atoms with Gasteiger partial charge in [-0.1, -0.05) is 44.0 Å². The highest BCUT2D eigenvalue weighted by Gasteiger charge is 2.29. The molecule has 0 N–H and O–H groups in total. The molecule has 0 unspecified atom stereocenters. The molecule has 1 fully saturated rings. The maximum Gasteiger partial charge on any atom is 0.163 e. The van der Waals surface area contributed by atoms with Gasteiger partial charge in [-0.15, -0.1) is 0 Å². The summed E-state index contributed by atoms with van der Waals surface area (Å²) < 4.78 is 23.8. The summed E-state index contributed by atoms with van der Waals surface area (Å²) in [4.78, 5) is 12.4. The second-order valence-electron chi connectivity index (χ2n) is 8.32. The van der Waals surface area contributed by atoms with Crippen LogP contribution in [0.25, 0.3) is 0 Å². The molecule has 1 aliphatic carbocycles. The highest BCUT2D eigenvalue weighted by molar-refractivity contribution is 7.91. The summed E-state index contributed by atoms with van der Waals surface area (Å²) in [5.41, 5.74) is 1.44. The molecule has 1 aromatic rings. The molecule has 0 amide bonds. The minimum absolute atomic E-state index is 0.0193. The number of carbonyl (C=O) groups is 1. The zero-order valence-corrected chi connectivity index (χ0v) is 16.2. The number of hydrogen-bond donors (Lipinski definition) is 0. The summed E-state index contributed by atoms with van der Waals surface area (Å²) >= 11 is 0. The van der Waals surface area contributed by atoms with Gasteiger partial charge in [0.25, 0.3) is 0 Å². The standard InChI is InChI=1S/C20H30O3S/c1-15-5-7-16(8-6-15)13-19(21)18-11-9-17(10-12-18)14-24(22,23)20(2,3)4/h9-12,15-16H,5-8,13-14H2,1-4H3. The van der Waals surface area contributed by atoms with Crippen LogP contribution in [0.15, 0.2) is 24.3 Å². The Hall–Kier alpha value is -1.16. The summed E-state index contributed by atoms with van der Waals surface area (Å²) in [7, 11) is -3.20. The minimum atomic E-state index is -3.20. The fourth-order valence-electron chi connectivity index (χ4n) is 3.14. The molecule has 1 aliphatic rings. The highest BCUT2D eigenvalue weighted by atomic mass is 32.2. The van der Waals surface area contributed by atoms with Crippen LogP contribution in [0.1, 0.15) is 75.7 Å². The van der Waals surface area contributed by atoms with Crippen molar-refractivity contribution in [3.8, 4) is 0 Å². The van der Waals surface area contributed by atoms with Crippen molar-refractivity contribution in [2.75, 3.05) is 0 Å². The van der Waals surface area contributed by atoms with Crippen molar-refractivity contribution in [3.63, 3.8) is 0 Å².